The number of fused-ring (bicyclic) bond motifs is 1. The molecule has 28 heavy (non-hydrogen) atoms. The number of ether oxygens (including phenoxy) is 1. The summed E-state index contributed by atoms with van der Waals surface area (Å²) in [5, 5.41) is 4.46. The highest BCUT2D eigenvalue weighted by atomic mass is 19.1. The van der Waals surface area contributed by atoms with Crippen molar-refractivity contribution in [2.45, 2.75) is 33.6 Å². The maximum Gasteiger partial charge on any atom is 0.222 e. The maximum atomic E-state index is 13.6. The van der Waals surface area contributed by atoms with Crippen LogP contribution in [0.2, 0.25) is 0 Å². The van der Waals surface area contributed by atoms with Crippen molar-refractivity contribution in [1.29, 1.82) is 0 Å². The topological polar surface area (TPSA) is 59.7 Å². The van der Waals surface area contributed by atoms with Crippen molar-refractivity contribution in [3.63, 3.8) is 0 Å². The van der Waals surface area contributed by atoms with E-state index in [1.165, 1.54) is 6.07 Å². The van der Waals surface area contributed by atoms with E-state index < -0.39 is 5.82 Å². The molecule has 0 aliphatic heterocycles. The van der Waals surface area contributed by atoms with E-state index in [1.807, 2.05) is 31.4 Å². The van der Waals surface area contributed by atoms with Crippen molar-refractivity contribution in [1.82, 2.24) is 19.5 Å². The minimum absolute atomic E-state index is 0.00711. The SMILES string of the molecule is Cc1cc2nc(C)c(CCC(=O)N(C)CCOc3ccccc3F)c(C)n2n1. The Hall–Kier alpha value is -2.96. The highest BCUT2D eigenvalue weighted by Crippen LogP contribution is 2.18. The number of aryl methyl sites for hydroxylation is 3. The van der Waals surface area contributed by atoms with Crippen molar-refractivity contribution >= 4 is 11.6 Å². The summed E-state index contributed by atoms with van der Waals surface area (Å²) >= 11 is 0. The molecule has 0 bridgehead atoms. The van der Waals surface area contributed by atoms with E-state index >= 15 is 0 Å². The number of carbonyl (C=O) groups excluding carboxylic acids is 1. The second-order valence-electron chi connectivity index (χ2n) is 6.91. The number of benzene rings is 1. The van der Waals surface area contributed by atoms with Crippen LogP contribution in [0.15, 0.2) is 30.3 Å². The van der Waals surface area contributed by atoms with Crippen LogP contribution in [0.5, 0.6) is 5.75 Å². The van der Waals surface area contributed by atoms with Crippen LogP contribution in [0.25, 0.3) is 5.65 Å². The predicted molar refractivity (Wildman–Crippen MR) is 105 cm³/mol. The molecule has 2 aromatic heterocycles. The van der Waals surface area contributed by atoms with E-state index in [0.29, 0.717) is 19.4 Å². The van der Waals surface area contributed by atoms with Crippen LogP contribution in [0.3, 0.4) is 0 Å². The van der Waals surface area contributed by atoms with Crippen LogP contribution in [0, 0.1) is 26.6 Å². The average Bonchev–Trinajstić information content (AvgIpc) is 3.03. The lowest BCUT2D eigenvalue weighted by Crippen LogP contribution is -2.31. The van der Waals surface area contributed by atoms with Crippen LogP contribution in [-0.2, 0) is 11.2 Å². The molecule has 3 aromatic rings. The first kappa shape index (κ1) is 19.8. The fraction of sp³-hybridized carbons (Fsp3) is 0.381. The number of halogens is 1. The summed E-state index contributed by atoms with van der Waals surface area (Å²) < 4.78 is 20.8. The Balaban J connectivity index is 1.56. The molecule has 7 heteroatoms. The summed E-state index contributed by atoms with van der Waals surface area (Å²) in [5.74, 6) is -0.199. The van der Waals surface area contributed by atoms with Crippen molar-refractivity contribution in [3.8, 4) is 5.75 Å². The number of carbonyl (C=O) groups is 1. The monoisotopic (exact) mass is 384 g/mol. The van der Waals surface area contributed by atoms with Gasteiger partial charge in [-0.3, -0.25) is 4.79 Å². The Kier molecular flexibility index (Phi) is 5.92. The van der Waals surface area contributed by atoms with Crippen molar-refractivity contribution in [2.24, 2.45) is 0 Å². The molecule has 148 valence electrons. The van der Waals surface area contributed by atoms with E-state index in [1.54, 1.807) is 30.1 Å². The normalized spacial score (nSPS) is 11.0. The third-order valence-electron chi connectivity index (χ3n) is 4.82. The molecule has 1 aromatic carbocycles. The molecule has 0 aliphatic rings. The molecule has 6 nitrogen and oxygen atoms in total. The van der Waals surface area contributed by atoms with Gasteiger partial charge in [0.15, 0.2) is 17.2 Å². The van der Waals surface area contributed by atoms with Gasteiger partial charge in [-0.1, -0.05) is 12.1 Å². The van der Waals surface area contributed by atoms with Crippen LogP contribution in [-0.4, -0.2) is 45.6 Å². The number of amides is 1. The van der Waals surface area contributed by atoms with Gasteiger partial charge in [-0.15, -0.1) is 0 Å². The van der Waals surface area contributed by atoms with Crippen LogP contribution < -0.4 is 4.74 Å². The van der Waals surface area contributed by atoms with Gasteiger partial charge in [0.2, 0.25) is 5.91 Å². The Labute approximate surface area is 163 Å². The van der Waals surface area contributed by atoms with Crippen molar-refractivity contribution in [2.75, 3.05) is 20.2 Å². The number of hydrogen-bond donors (Lipinski definition) is 0. The summed E-state index contributed by atoms with van der Waals surface area (Å²) in [6.07, 6.45) is 0.960. The minimum atomic E-state index is -0.404. The fourth-order valence-electron chi connectivity index (χ4n) is 3.20. The first-order chi connectivity index (χ1) is 13.4. The molecule has 0 atom stereocenters. The second-order valence-corrected chi connectivity index (χ2v) is 6.91. The summed E-state index contributed by atoms with van der Waals surface area (Å²) in [7, 11) is 1.73. The third kappa shape index (κ3) is 4.30. The number of aromatic nitrogens is 3. The largest absolute Gasteiger partial charge is 0.489 e. The summed E-state index contributed by atoms with van der Waals surface area (Å²) in [6.45, 7) is 6.52. The molecule has 0 saturated carbocycles. The summed E-state index contributed by atoms with van der Waals surface area (Å²) in [4.78, 5) is 18.7. The number of nitrogens with zero attached hydrogens (tertiary/aromatic N) is 4. The van der Waals surface area contributed by atoms with Gasteiger partial charge >= 0.3 is 0 Å². The van der Waals surface area contributed by atoms with Gasteiger partial charge in [0.05, 0.1) is 12.2 Å². The van der Waals surface area contributed by atoms with Crippen molar-refractivity contribution < 1.29 is 13.9 Å². The lowest BCUT2D eigenvalue weighted by molar-refractivity contribution is -0.130. The minimum Gasteiger partial charge on any atom is -0.489 e. The Morgan fingerprint density at radius 2 is 2.00 bits per heavy atom. The van der Waals surface area contributed by atoms with Gasteiger partial charge in [-0.25, -0.2) is 13.9 Å². The van der Waals surface area contributed by atoms with Crippen molar-refractivity contribution in [3.05, 3.63) is 58.8 Å². The smallest absolute Gasteiger partial charge is 0.222 e. The molecule has 1 amide bonds. The third-order valence-corrected chi connectivity index (χ3v) is 4.82. The Morgan fingerprint density at radius 1 is 1.25 bits per heavy atom. The van der Waals surface area contributed by atoms with E-state index in [2.05, 4.69) is 10.1 Å². The fourth-order valence-corrected chi connectivity index (χ4v) is 3.20. The summed E-state index contributed by atoms with van der Waals surface area (Å²) in [6, 6.07) is 8.18. The average molecular weight is 384 g/mol. The highest BCUT2D eigenvalue weighted by molar-refractivity contribution is 5.76. The van der Waals surface area contributed by atoms with Crippen LogP contribution >= 0.6 is 0 Å². The Morgan fingerprint density at radius 3 is 2.75 bits per heavy atom. The quantitative estimate of drug-likeness (QED) is 0.627. The first-order valence-corrected chi connectivity index (χ1v) is 9.30. The van der Waals surface area contributed by atoms with Crippen LogP contribution in [0.1, 0.15) is 29.1 Å². The first-order valence-electron chi connectivity index (χ1n) is 9.30. The molecule has 0 N–H and O–H groups in total. The standard InChI is InChI=1S/C21H25FN4O2/c1-14-13-20-23-15(2)17(16(3)26(20)24-14)9-10-21(27)25(4)11-12-28-19-8-6-5-7-18(19)22/h5-8,13H,9-12H2,1-4H3. The molecule has 0 saturated heterocycles. The predicted octanol–water partition coefficient (Wildman–Crippen LogP) is 3.26. The van der Waals surface area contributed by atoms with Crippen LogP contribution in [0.4, 0.5) is 4.39 Å². The molecule has 3 rings (SSSR count). The number of hydrogen-bond acceptors (Lipinski definition) is 4. The lowest BCUT2D eigenvalue weighted by Gasteiger charge is -2.18. The zero-order valence-corrected chi connectivity index (χ0v) is 16.7. The second kappa shape index (κ2) is 8.37. The van der Waals surface area contributed by atoms with E-state index in [9.17, 15) is 9.18 Å². The molecule has 0 aliphatic carbocycles. The van der Waals surface area contributed by atoms with Gasteiger partial charge in [0, 0.05) is 30.9 Å². The zero-order chi connectivity index (χ0) is 20.3. The number of rotatable bonds is 7. The summed E-state index contributed by atoms with van der Waals surface area (Å²) in [5.41, 5.74) is 4.71. The molecule has 2 heterocycles. The van der Waals surface area contributed by atoms with Gasteiger partial charge in [0.1, 0.15) is 6.61 Å². The molecular formula is C21H25FN4O2. The van der Waals surface area contributed by atoms with Gasteiger partial charge < -0.3 is 9.64 Å². The molecular weight excluding hydrogens is 359 g/mol. The molecule has 0 fully saturated rings. The molecule has 0 unspecified atom stereocenters. The van der Waals surface area contributed by atoms with E-state index in [4.69, 9.17) is 4.74 Å². The van der Waals surface area contributed by atoms with Gasteiger partial charge in [-0.05, 0) is 44.9 Å². The highest BCUT2D eigenvalue weighted by Gasteiger charge is 2.15. The lowest BCUT2D eigenvalue weighted by atomic mass is 10.1. The number of para-hydroxylation sites is 1. The maximum absolute atomic E-state index is 13.6. The Bertz CT molecular complexity index is 999. The van der Waals surface area contributed by atoms with Gasteiger partial charge in [-0.2, -0.15) is 5.10 Å². The van der Waals surface area contributed by atoms with E-state index in [-0.39, 0.29) is 18.3 Å². The molecule has 0 spiro atoms. The zero-order valence-electron chi connectivity index (χ0n) is 16.7. The van der Waals surface area contributed by atoms with E-state index in [0.717, 1.165) is 28.3 Å². The molecule has 0 radical (unpaired) electrons. The number of likely N-dealkylation sites (N-methyl/N-ethyl adjacent to an activating group) is 1. The van der Waals surface area contributed by atoms with Gasteiger partial charge in [0.25, 0.3) is 0 Å².